The maximum atomic E-state index is 12.9. The summed E-state index contributed by atoms with van der Waals surface area (Å²) in [5.74, 6) is 0.856. The Morgan fingerprint density at radius 1 is 0.776 bits per heavy atom. The standard InChI is InChI=1S/C44H52N10O2S2/c1-4-39(56-50-34-15-10-19-38(27-34)54-30-46-49-44(54)58)28-52(3)36-17-8-13-32(25-36)41-21-6-5-20-40(41)31-12-7-16-35(24-31)51(2)23-11-22-42(55)47-33-14-9-18-37(26-33)53-29-45-48-43(53)57/h7-10,12-19,24-27,29-30,39-41,50H,4-6,11,20-23,28H2,1-3H3,(H,47,55)(H,48,57)(H,49,58). The summed E-state index contributed by atoms with van der Waals surface area (Å²) in [7, 11) is 4.26. The maximum absolute atomic E-state index is 12.9. The molecule has 0 bridgehead atoms. The van der Waals surface area contributed by atoms with Crippen LogP contribution in [0.25, 0.3) is 11.4 Å². The molecule has 302 valence electrons. The lowest BCUT2D eigenvalue weighted by Crippen LogP contribution is -2.32. The summed E-state index contributed by atoms with van der Waals surface area (Å²) >= 11 is 8.74. The molecule has 7 rings (SSSR count). The number of likely N-dealkylation sites (N-methyl/N-ethyl adjacent to an activating group) is 1. The Morgan fingerprint density at radius 3 is 1.90 bits per heavy atom. The molecule has 1 saturated carbocycles. The highest BCUT2D eigenvalue weighted by Crippen LogP contribution is 2.45. The number of thiol groups is 2. The second-order valence-corrected chi connectivity index (χ2v) is 15.8. The van der Waals surface area contributed by atoms with E-state index < -0.39 is 0 Å². The fourth-order valence-corrected chi connectivity index (χ4v) is 8.27. The van der Waals surface area contributed by atoms with Crippen molar-refractivity contribution in [2.24, 2.45) is 0 Å². The largest absolute Gasteiger partial charge is 0.375 e. The third-order valence-electron chi connectivity index (χ3n) is 11.0. The van der Waals surface area contributed by atoms with Crippen molar-refractivity contribution in [3.05, 3.63) is 121 Å². The van der Waals surface area contributed by atoms with Crippen molar-refractivity contribution in [3.8, 4) is 11.4 Å². The van der Waals surface area contributed by atoms with E-state index in [0.717, 1.165) is 55.1 Å². The van der Waals surface area contributed by atoms with Crippen molar-refractivity contribution in [2.45, 2.75) is 80.1 Å². The van der Waals surface area contributed by atoms with Crippen LogP contribution in [0.4, 0.5) is 22.7 Å². The monoisotopic (exact) mass is 816 g/mol. The molecular formula is C44H52N10O2S2. The first-order valence-corrected chi connectivity index (χ1v) is 20.9. The van der Waals surface area contributed by atoms with Crippen LogP contribution in [0.1, 0.15) is 74.8 Å². The molecule has 0 radical (unpaired) electrons. The Hall–Kier alpha value is -5.31. The average Bonchev–Trinajstić information content (AvgIpc) is 3.90. The van der Waals surface area contributed by atoms with Gasteiger partial charge in [0.1, 0.15) is 18.8 Å². The summed E-state index contributed by atoms with van der Waals surface area (Å²) in [6.07, 6.45) is 10.0. The number of amides is 1. The van der Waals surface area contributed by atoms with Gasteiger partial charge in [0.15, 0.2) is 10.3 Å². The normalized spacial score (nSPS) is 15.8. The van der Waals surface area contributed by atoms with Gasteiger partial charge in [0.2, 0.25) is 5.91 Å². The van der Waals surface area contributed by atoms with Gasteiger partial charge in [-0.25, -0.2) is 0 Å². The highest BCUT2D eigenvalue weighted by molar-refractivity contribution is 7.80. The van der Waals surface area contributed by atoms with Crippen LogP contribution >= 0.6 is 25.3 Å². The van der Waals surface area contributed by atoms with Crippen LogP contribution in [0.3, 0.4) is 0 Å². The number of carbonyl (C=O) groups excluding carboxylic acids is 1. The zero-order chi connectivity index (χ0) is 40.4. The van der Waals surface area contributed by atoms with E-state index in [1.54, 1.807) is 17.2 Å². The van der Waals surface area contributed by atoms with Crippen LogP contribution in [0.15, 0.2) is 120 Å². The number of aromatic nitrogens is 6. The molecule has 4 aromatic carbocycles. The first kappa shape index (κ1) is 40.9. The predicted octanol–water partition coefficient (Wildman–Crippen LogP) is 8.98. The van der Waals surface area contributed by atoms with E-state index in [1.807, 2.05) is 53.1 Å². The number of anilines is 4. The van der Waals surface area contributed by atoms with Crippen molar-refractivity contribution in [1.29, 1.82) is 0 Å². The number of rotatable bonds is 17. The van der Waals surface area contributed by atoms with Crippen LogP contribution in [0.2, 0.25) is 0 Å². The third kappa shape index (κ3) is 10.2. The van der Waals surface area contributed by atoms with Crippen LogP contribution in [-0.4, -0.2) is 68.7 Å². The summed E-state index contributed by atoms with van der Waals surface area (Å²) in [5, 5.41) is 19.8. The Kier molecular flexibility index (Phi) is 13.7. The number of hydrogen-bond acceptors (Lipinski definition) is 11. The summed E-state index contributed by atoms with van der Waals surface area (Å²) in [6.45, 7) is 3.65. The summed E-state index contributed by atoms with van der Waals surface area (Å²) < 4.78 is 3.57. The zero-order valence-corrected chi connectivity index (χ0v) is 35.1. The third-order valence-corrected chi connectivity index (χ3v) is 11.6. The van der Waals surface area contributed by atoms with Gasteiger partial charge in [-0.15, -0.1) is 45.7 Å². The van der Waals surface area contributed by atoms with Gasteiger partial charge >= 0.3 is 0 Å². The molecule has 58 heavy (non-hydrogen) atoms. The molecule has 1 amide bonds. The van der Waals surface area contributed by atoms with Crippen LogP contribution in [0.5, 0.6) is 0 Å². The molecular weight excluding hydrogens is 765 g/mol. The minimum Gasteiger partial charge on any atom is -0.375 e. The van der Waals surface area contributed by atoms with Gasteiger partial charge in [0, 0.05) is 50.7 Å². The minimum absolute atomic E-state index is 0.0138. The predicted molar refractivity (Wildman–Crippen MR) is 237 cm³/mol. The number of nitrogens with zero attached hydrogens (tertiary/aromatic N) is 8. The van der Waals surface area contributed by atoms with E-state index in [-0.39, 0.29) is 12.0 Å². The molecule has 0 aliphatic heterocycles. The SMILES string of the molecule is CCC(CN(C)c1cccc(C2CCCCC2c2cccc(N(C)CCCC(=O)Nc3cccc(-n4cnnc4S)c3)c2)c1)ONc1cccc(-n2cnnc2S)c1. The molecule has 3 unspecified atom stereocenters. The Labute approximate surface area is 351 Å². The topological polar surface area (TPSA) is 118 Å². The number of hydrogen-bond donors (Lipinski definition) is 4. The van der Waals surface area contributed by atoms with Crippen molar-refractivity contribution in [2.75, 3.05) is 47.8 Å². The fourth-order valence-electron chi connectivity index (χ4n) is 7.83. The van der Waals surface area contributed by atoms with Gasteiger partial charge < -0.3 is 15.1 Å². The lowest BCUT2D eigenvalue weighted by Gasteiger charge is -2.34. The van der Waals surface area contributed by atoms with Gasteiger partial charge in [0.05, 0.1) is 17.1 Å². The van der Waals surface area contributed by atoms with E-state index in [4.69, 9.17) is 4.84 Å². The highest BCUT2D eigenvalue weighted by Gasteiger charge is 2.29. The van der Waals surface area contributed by atoms with Crippen molar-refractivity contribution in [3.63, 3.8) is 0 Å². The molecule has 1 aliphatic carbocycles. The lowest BCUT2D eigenvalue weighted by molar-refractivity contribution is -0.116. The maximum Gasteiger partial charge on any atom is 0.224 e. The number of benzene rings is 4. The second-order valence-electron chi connectivity index (χ2n) is 15.0. The van der Waals surface area contributed by atoms with E-state index in [2.05, 4.69) is 136 Å². The van der Waals surface area contributed by atoms with Crippen LogP contribution in [0, 0.1) is 0 Å². The molecule has 14 heteroatoms. The first-order chi connectivity index (χ1) is 28.2. The van der Waals surface area contributed by atoms with Crippen molar-refractivity contribution < 1.29 is 9.63 Å². The Bertz CT molecular complexity index is 2280. The van der Waals surface area contributed by atoms with Crippen molar-refractivity contribution in [1.82, 2.24) is 29.5 Å². The van der Waals surface area contributed by atoms with E-state index in [1.165, 1.54) is 41.8 Å². The molecule has 2 N–H and O–H groups in total. The average molecular weight is 817 g/mol. The van der Waals surface area contributed by atoms with Crippen LogP contribution < -0.4 is 20.6 Å². The van der Waals surface area contributed by atoms with Gasteiger partial charge in [0.25, 0.3) is 0 Å². The summed E-state index contributed by atoms with van der Waals surface area (Å²) in [4.78, 5) is 23.7. The molecule has 1 fully saturated rings. The molecule has 2 aromatic heterocycles. The van der Waals surface area contributed by atoms with Gasteiger partial charge in [-0.05, 0) is 109 Å². The summed E-state index contributed by atoms with van der Waals surface area (Å²) in [5.41, 5.74) is 11.6. The van der Waals surface area contributed by atoms with Gasteiger partial charge in [-0.1, -0.05) is 56.2 Å². The molecule has 3 atom stereocenters. The second kappa shape index (κ2) is 19.4. The van der Waals surface area contributed by atoms with Crippen LogP contribution in [-0.2, 0) is 9.63 Å². The lowest BCUT2D eigenvalue weighted by atomic mass is 9.72. The minimum atomic E-state index is -0.0329. The van der Waals surface area contributed by atoms with Gasteiger partial charge in [-0.3, -0.25) is 24.2 Å². The first-order valence-electron chi connectivity index (χ1n) is 20.0. The zero-order valence-electron chi connectivity index (χ0n) is 33.3. The van der Waals surface area contributed by atoms with E-state index in [9.17, 15) is 4.79 Å². The Balaban J connectivity index is 0.938. The smallest absolute Gasteiger partial charge is 0.224 e. The van der Waals surface area contributed by atoms with E-state index in [0.29, 0.717) is 28.6 Å². The quantitative estimate of drug-likeness (QED) is 0.0529. The fraction of sp³-hybridized carbons (Fsp3) is 0.341. The molecule has 1 aliphatic rings. The number of carbonyl (C=O) groups is 1. The van der Waals surface area contributed by atoms with Gasteiger partial charge in [-0.2, -0.15) is 0 Å². The van der Waals surface area contributed by atoms with E-state index >= 15 is 0 Å². The molecule has 0 spiro atoms. The Morgan fingerprint density at radius 2 is 1.33 bits per heavy atom. The van der Waals surface area contributed by atoms with Crippen molar-refractivity contribution >= 4 is 53.9 Å². The molecule has 12 nitrogen and oxygen atoms in total. The highest BCUT2D eigenvalue weighted by atomic mass is 32.1. The molecule has 6 aromatic rings. The summed E-state index contributed by atoms with van der Waals surface area (Å²) in [6, 6.07) is 33.6. The molecule has 2 heterocycles. The molecule has 0 saturated heterocycles. The number of nitrogens with one attached hydrogen (secondary N) is 2.